The second-order valence-electron chi connectivity index (χ2n) is 8.70. The van der Waals surface area contributed by atoms with Gasteiger partial charge in [0.05, 0.1) is 0 Å². The smallest absolute Gasteiger partial charge is 0.0197 e. The van der Waals surface area contributed by atoms with Crippen LogP contribution in [0.3, 0.4) is 0 Å². The lowest BCUT2D eigenvalue weighted by atomic mass is 9.79. The molecule has 0 heterocycles. The summed E-state index contributed by atoms with van der Waals surface area (Å²) < 4.78 is 0. The fourth-order valence-corrected chi connectivity index (χ4v) is 3.70. The van der Waals surface area contributed by atoms with Gasteiger partial charge in [-0.05, 0) is 65.7 Å². The van der Waals surface area contributed by atoms with Gasteiger partial charge in [-0.2, -0.15) is 0 Å². The first-order valence-corrected chi connectivity index (χ1v) is 9.22. The number of hydrogen-bond donors (Lipinski definition) is 0. The monoisotopic (exact) mass is 310 g/mol. The topological polar surface area (TPSA) is 0 Å². The molecule has 1 aliphatic rings. The molecule has 0 aromatic heterocycles. The molecule has 1 saturated carbocycles. The van der Waals surface area contributed by atoms with Crippen molar-refractivity contribution < 1.29 is 0 Å². The van der Waals surface area contributed by atoms with Gasteiger partial charge in [-0.25, -0.2) is 0 Å². The van der Waals surface area contributed by atoms with Crippen LogP contribution < -0.4 is 0 Å². The fraction of sp³-hybridized carbons (Fsp3) is 0.565. The van der Waals surface area contributed by atoms with Crippen molar-refractivity contribution in [3.63, 3.8) is 0 Å². The Balaban J connectivity index is 1.99. The summed E-state index contributed by atoms with van der Waals surface area (Å²) in [5, 5.41) is 0. The van der Waals surface area contributed by atoms with Crippen molar-refractivity contribution in [2.45, 2.75) is 66.7 Å². The van der Waals surface area contributed by atoms with E-state index in [1.807, 2.05) is 0 Å². The van der Waals surface area contributed by atoms with E-state index in [-0.39, 0.29) is 5.41 Å². The second-order valence-corrected chi connectivity index (χ2v) is 8.70. The van der Waals surface area contributed by atoms with E-state index in [2.05, 4.69) is 71.5 Å². The van der Waals surface area contributed by atoms with Crippen molar-refractivity contribution in [3.8, 4) is 0 Å². The van der Waals surface area contributed by atoms with Crippen LogP contribution in [0.5, 0.6) is 0 Å². The van der Waals surface area contributed by atoms with Crippen LogP contribution >= 0.6 is 0 Å². The molecule has 1 aromatic carbocycles. The molecular weight excluding hydrogens is 276 g/mol. The molecule has 0 unspecified atom stereocenters. The minimum Gasteiger partial charge on any atom is -0.0952 e. The van der Waals surface area contributed by atoms with E-state index in [1.54, 1.807) is 0 Å². The van der Waals surface area contributed by atoms with Crippen molar-refractivity contribution in [1.29, 1.82) is 0 Å². The Morgan fingerprint density at radius 1 is 1.04 bits per heavy atom. The summed E-state index contributed by atoms with van der Waals surface area (Å²) in [6.45, 7) is 15.7. The van der Waals surface area contributed by atoms with Gasteiger partial charge in [0.1, 0.15) is 0 Å². The molecular formula is C23H34. The molecule has 2 rings (SSSR count). The van der Waals surface area contributed by atoms with Crippen molar-refractivity contribution in [2.75, 3.05) is 0 Å². The zero-order chi connectivity index (χ0) is 17.0. The van der Waals surface area contributed by atoms with E-state index in [1.165, 1.54) is 54.4 Å². The third-order valence-electron chi connectivity index (χ3n) is 5.07. The van der Waals surface area contributed by atoms with E-state index < -0.39 is 0 Å². The van der Waals surface area contributed by atoms with E-state index in [4.69, 9.17) is 0 Å². The molecule has 0 aliphatic heterocycles. The number of rotatable bonds is 4. The summed E-state index contributed by atoms with van der Waals surface area (Å²) in [4.78, 5) is 0. The highest BCUT2D eigenvalue weighted by Gasteiger charge is 2.19. The second kappa shape index (κ2) is 7.51. The molecule has 0 amide bonds. The van der Waals surface area contributed by atoms with Crippen LogP contribution in [0.4, 0.5) is 0 Å². The van der Waals surface area contributed by atoms with Crippen LogP contribution in [0.25, 0.3) is 11.1 Å². The predicted molar refractivity (Wildman–Crippen MR) is 104 cm³/mol. The average Bonchev–Trinajstić information content (AvgIpc) is 2.48. The van der Waals surface area contributed by atoms with E-state index >= 15 is 0 Å². The largest absolute Gasteiger partial charge is 0.0952 e. The van der Waals surface area contributed by atoms with Gasteiger partial charge in [-0.15, -0.1) is 0 Å². The Kier molecular flexibility index (Phi) is 5.89. The van der Waals surface area contributed by atoms with Gasteiger partial charge < -0.3 is 0 Å². The lowest BCUT2D eigenvalue weighted by molar-refractivity contribution is 0.294. The van der Waals surface area contributed by atoms with E-state index in [9.17, 15) is 0 Å². The highest BCUT2D eigenvalue weighted by Crippen LogP contribution is 2.34. The van der Waals surface area contributed by atoms with Crippen LogP contribution in [0.2, 0.25) is 0 Å². The molecule has 23 heavy (non-hydrogen) atoms. The maximum Gasteiger partial charge on any atom is -0.0197 e. The Morgan fingerprint density at radius 3 is 2.09 bits per heavy atom. The predicted octanol–water partition coefficient (Wildman–Crippen LogP) is 7.37. The Labute approximate surface area is 143 Å². The van der Waals surface area contributed by atoms with Gasteiger partial charge >= 0.3 is 0 Å². The lowest BCUT2D eigenvalue weighted by Crippen LogP contribution is -2.12. The molecule has 0 spiro atoms. The first-order chi connectivity index (χ1) is 10.7. The summed E-state index contributed by atoms with van der Waals surface area (Å²) >= 11 is 0. The Hall–Kier alpha value is -1.30. The molecule has 1 aromatic rings. The summed E-state index contributed by atoms with van der Waals surface area (Å²) in [5.74, 6) is 1.78. The number of hydrogen-bond acceptors (Lipinski definition) is 0. The average molecular weight is 311 g/mol. The first-order valence-electron chi connectivity index (χ1n) is 9.22. The van der Waals surface area contributed by atoms with Crippen LogP contribution in [0, 0.1) is 17.3 Å². The third-order valence-corrected chi connectivity index (χ3v) is 5.07. The third kappa shape index (κ3) is 5.68. The summed E-state index contributed by atoms with van der Waals surface area (Å²) in [5.41, 5.74) is 5.54. The minimum absolute atomic E-state index is 0.227. The van der Waals surface area contributed by atoms with Gasteiger partial charge in [0.25, 0.3) is 0 Å². The highest BCUT2D eigenvalue weighted by molar-refractivity contribution is 5.69. The minimum atomic E-state index is 0.227. The van der Waals surface area contributed by atoms with Gasteiger partial charge in [0, 0.05) is 0 Å². The van der Waals surface area contributed by atoms with Crippen LogP contribution in [-0.4, -0.2) is 0 Å². The molecule has 0 bridgehead atoms. The standard InChI is InChI=1S/C23H34/c1-17-7-9-20(10-8-17)15-18(2)21-11-13-22(14-12-21)19(3)16-23(4,5)6/h11-14,16-17,20H,2,7-10,15H2,1,3-6H3/b19-16+. The fourth-order valence-electron chi connectivity index (χ4n) is 3.70. The van der Waals surface area contributed by atoms with Crippen molar-refractivity contribution in [1.82, 2.24) is 0 Å². The van der Waals surface area contributed by atoms with E-state index in [0.29, 0.717) is 0 Å². The molecule has 0 N–H and O–H groups in total. The number of allylic oxidation sites excluding steroid dienone is 3. The zero-order valence-corrected chi connectivity index (χ0v) is 15.8. The van der Waals surface area contributed by atoms with Crippen molar-refractivity contribution in [2.24, 2.45) is 17.3 Å². The maximum atomic E-state index is 4.36. The number of benzene rings is 1. The van der Waals surface area contributed by atoms with Gasteiger partial charge in [0.2, 0.25) is 0 Å². The van der Waals surface area contributed by atoms with Gasteiger partial charge in [0.15, 0.2) is 0 Å². The quantitative estimate of drug-likeness (QED) is 0.544. The molecule has 126 valence electrons. The van der Waals surface area contributed by atoms with Gasteiger partial charge in [-0.1, -0.05) is 77.5 Å². The molecule has 0 heteroatoms. The normalized spacial score (nSPS) is 22.9. The summed E-state index contributed by atoms with van der Waals surface area (Å²) in [7, 11) is 0. The molecule has 0 atom stereocenters. The maximum absolute atomic E-state index is 4.36. The first kappa shape index (κ1) is 18.0. The lowest BCUT2D eigenvalue weighted by Gasteiger charge is -2.26. The molecule has 0 nitrogen and oxygen atoms in total. The summed E-state index contributed by atoms with van der Waals surface area (Å²) in [6.07, 6.45) is 9.07. The Morgan fingerprint density at radius 2 is 1.57 bits per heavy atom. The van der Waals surface area contributed by atoms with Crippen LogP contribution in [0.1, 0.15) is 77.8 Å². The Bertz CT molecular complexity index is 543. The van der Waals surface area contributed by atoms with Gasteiger partial charge in [-0.3, -0.25) is 0 Å². The van der Waals surface area contributed by atoms with Crippen molar-refractivity contribution in [3.05, 3.63) is 48.0 Å². The van der Waals surface area contributed by atoms with Crippen LogP contribution in [-0.2, 0) is 0 Å². The summed E-state index contributed by atoms with van der Waals surface area (Å²) in [6, 6.07) is 9.01. The molecule has 1 aliphatic carbocycles. The SMILES string of the molecule is C=C(CC1CCC(C)CC1)c1ccc(/C(C)=C/C(C)(C)C)cc1. The molecule has 0 saturated heterocycles. The highest BCUT2D eigenvalue weighted by atomic mass is 14.2. The van der Waals surface area contributed by atoms with E-state index in [0.717, 1.165) is 11.8 Å². The van der Waals surface area contributed by atoms with Crippen LogP contribution in [0.15, 0.2) is 36.9 Å². The zero-order valence-electron chi connectivity index (χ0n) is 15.8. The molecule has 0 radical (unpaired) electrons. The molecule has 1 fully saturated rings. The van der Waals surface area contributed by atoms with Crippen molar-refractivity contribution >= 4 is 11.1 Å².